The largest absolute Gasteiger partial charge is 0.477 e. The molecule has 4 heteroatoms. The van der Waals surface area contributed by atoms with Crippen LogP contribution in [0.5, 0.6) is 0 Å². The summed E-state index contributed by atoms with van der Waals surface area (Å²) >= 11 is 0. The molecule has 0 fully saturated rings. The molecule has 0 aliphatic heterocycles. The molecule has 2 rings (SSSR count). The van der Waals surface area contributed by atoms with Crippen LogP contribution in [0.25, 0.3) is 0 Å². The zero-order valence-electron chi connectivity index (χ0n) is 7.29. The van der Waals surface area contributed by atoms with Crippen molar-refractivity contribution in [2.45, 2.75) is 25.9 Å². The lowest BCUT2D eigenvalue weighted by Crippen LogP contribution is -2.01. The van der Waals surface area contributed by atoms with Gasteiger partial charge in [0.15, 0.2) is 0 Å². The summed E-state index contributed by atoms with van der Waals surface area (Å²) in [5.41, 5.74) is 2.55. The zero-order chi connectivity index (χ0) is 9.59. The minimum absolute atomic E-state index is 0.212. The van der Waals surface area contributed by atoms with E-state index in [1.165, 1.54) is 0 Å². The average molecular weight is 181 g/mol. The number of aromatic carboxylic acids is 1. The highest BCUT2D eigenvalue weighted by Crippen LogP contribution is 2.34. The van der Waals surface area contributed by atoms with Crippen molar-refractivity contribution in [1.82, 2.24) is 4.98 Å². The molecule has 1 aromatic heterocycles. The van der Waals surface area contributed by atoms with Crippen molar-refractivity contribution in [2.75, 3.05) is 0 Å². The van der Waals surface area contributed by atoms with Crippen LogP contribution in [0.1, 0.15) is 39.8 Å². The fraction of sp³-hybridized carbons (Fsp3) is 0.444. The zero-order valence-corrected chi connectivity index (χ0v) is 7.29. The minimum Gasteiger partial charge on any atom is -0.477 e. The number of fused-ring (bicyclic) bond motifs is 1. The number of H-pyrrole nitrogens is 1. The minimum atomic E-state index is -0.959. The highest BCUT2D eigenvalue weighted by Gasteiger charge is 2.28. The van der Waals surface area contributed by atoms with Crippen LogP contribution >= 0.6 is 0 Å². The van der Waals surface area contributed by atoms with E-state index in [1.807, 2.05) is 0 Å². The van der Waals surface area contributed by atoms with Gasteiger partial charge in [-0.15, -0.1) is 0 Å². The Hall–Kier alpha value is -1.29. The fourth-order valence-corrected chi connectivity index (χ4v) is 1.96. The number of aromatic nitrogens is 1. The van der Waals surface area contributed by atoms with E-state index in [1.54, 1.807) is 6.92 Å². The first-order valence-corrected chi connectivity index (χ1v) is 4.24. The lowest BCUT2D eigenvalue weighted by Gasteiger charge is -2.01. The van der Waals surface area contributed by atoms with Gasteiger partial charge in [-0.25, -0.2) is 4.79 Å². The van der Waals surface area contributed by atoms with E-state index < -0.39 is 12.1 Å². The van der Waals surface area contributed by atoms with Crippen LogP contribution in [0.4, 0.5) is 0 Å². The third-order valence-corrected chi connectivity index (χ3v) is 2.59. The molecule has 70 valence electrons. The quantitative estimate of drug-likeness (QED) is 0.605. The van der Waals surface area contributed by atoms with Crippen LogP contribution in [-0.2, 0) is 6.42 Å². The Labute approximate surface area is 75.2 Å². The summed E-state index contributed by atoms with van der Waals surface area (Å²) in [6.07, 6.45) is 0.950. The Morgan fingerprint density at radius 3 is 2.85 bits per heavy atom. The van der Waals surface area contributed by atoms with Crippen LogP contribution in [0.3, 0.4) is 0 Å². The van der Waals surface area contributed by atoms with Gasteiger partial charge in [0.1, 0.15) is 5.69 Å². The number of carboxylic acids is 1. The lowest BCUT2D eigenvalue weighted by molar-refractivity contribution is 0.0690. The molecule has 0 bridgehead atoms. The first kappa shape index (κ1) is 8.31. The van der Waals surface area contributed by atoms with Crippen molar-refractivity contribution < 1.29 is 15.0 Å². The molecule has 1 heterocycles. The molecule has 1 aromatic rings. The third-order valence-electron chi connectivity index (χ3n) is 2.59. The molecular formula is C9H11NO3. The molecule has 0 saturated heterocycles. The van der Waals surface area contributed by atoms with E-state index in [0.29, 0.717) is 12.0 Å². The number of hydrogen-bond donors (Lipinski definition) is 3. The van der Waals surface area contributed by atoms with Gasteiger partial charge in [-0.05, 0) is 25.3 Å². The van der Waals surface area contributed by atoms with Gasteiger partial charge in [0.2, 0.25) is 0 Å². The first-order chi connectivity index (χ1) is 6.11. The summed E-state index contributed by atoms with van der Waals surface area (Å²) in [4.78, 5) is 13.6. The molecule has 13 heavy (non-hydrogen) atoms. The number of nitrogens with one attached hydrogen (secondary N) is 1. The highest BCUT2D eigenvalue weighted by atomic mass is 16.4. The second-order valence-corrected chi connectivity index (χ2v) is 3.38. The van der Waals surface area contributed by atoms with Gasteiger partial charge < -0.3 is 15.2 Å². The smallest absolute Gasteiger partial charge is 0.352 e. The molecule has 4 nitrogen and oxygen atoms in total. The molecule has 1 unspecified atom stereocenters. The maximum Gasteiger partial charge on any atom is 0.352 e. The number of rotatable bonds is 1. The van der Waals surface area contributed by atoms with E-state index in [-0.39, 0.29) is 5.69 Å². The number of carboxylic acid groups (broad SMARTS) is 1. The summed E-state index contributed by atoms with van der Waals surface area (Å²) in [5, 5.41) is 18.3. The van der Waals surface area contributed by atoms with Crippen molar-refractivity contribution in [3.63, 3.8) is 0 Å². The number of hydrogen-bond acceptors (Lipinski definition) is 2. The molecule has 3 N–H and O–H groups in total. The summed E-state index contributed by atoms with van der Waals surface area (Å²) < 4.78 is 0. The topological polar surface area (TPSA) is 73.3 Å². The molecule has 1 atom stereocenters. The van der Waals surface area contributed by atoms with Crippen LogP contribution in [0.15, 0.2) is 0 Å². The summed E-state index contributed by atoms with van der Waals surface area (Å²) in [7, 11) is 0. The average Bonchev–Trinajstić information content (AvgIpc) is 2.55. The van der Waals surface area contributed by atoms with E-state index in [4.69, 9.17) is 5.11 Å². The third kappa shape index (κ3) is 1.06. The van der Waals surface area contributed by atoms with Crippen molar-refractivity contribution in [3.8, 4) is 0 Å². The Morgan fingerprint density at radius 2 is 2.31 bits per heavy atom. The van der Waals surface area contributed by atoms with Gasteiger partial charge in [-0.2, -0.15) is 0 Å². The van der Waals surface area contributed by atoms with E-state index in [9.17, 15) is 9.90 Å². The molecule has 1 aliphatic rings. The summed E-state index contributed by atoms with van der Waals surface area (Å²) in [5.74, 6) is -0.959. The second kappa shape index (κ2) is 2.60. The van der Waals surface area contributed by atoms with E-state index >= 15 is 0 Å². The van der Waals surface area contributed by atoms with Gasteiger partial charge in [-0.3, -0.25) is 0 Å². The summed E-state index contributed by atoms with van der Waals surface area (Å²) in [6, 6.07) is 0. The predicted molar refractivity (Wildman–Crippen MR) is 45.8 cm³/mol. The number of aliphatic hydroxyl groups is 1. The van der Waals surface area contributed by atoms with E-state index in [2.05, 4.69) is 4.98 Å². The molecule has 0 spiro atoms. The van der Waals surface area contributed by atoms with E-state index in [0.717, 1.165) is 17.7 Å². The number of aromatic amines is 1. The Morgan fingerprint density at radius 1 is 1.62 bits per heavy atom. The molecule has 0 radical (unpaired) electrons. The maximum atomic E-state index is 10.7. The number of aliphatic hydroxyl groups excluding tert-OH is 1. The predicted octanol–water partition coefficient (Wildman–Crippen LogP) is 1.00. The van der Waals surface area contributed by atoms with Crippen LogP contribution < -0.4 is 0 Å². The SMILES string of the molecule is Cc1c(C(=O)O)[nH]c2c1C(O)CC2. The number of carbonyl (C=O) groups is 1. The monoisotopic (exact) mass is 181 g/mol. The molecule has 0 amide bonds. The van der Waals surface area contributed by atoms with Gasteiger partial charge in [0, 0.05) is 11.3 Å². The maximum absolute atomic E-state index is 10.7. The van der Waals surface area contributed by atoms with Gasteiger partial charge in [0.05, 0.1) is 6.10 Å². The fourth-order valence-electron chi connectivity index (χ4n) is 1.96. The Balaban J connectivity index is 2.56. The normalized spacial score (nSPS) is 20.3. The van der Waals surface area contributed by atoms with Crippen LogP contribution in [0.2, 0.25) is 0 Å². The first-order valence-electron chi connectivity index (χ1n) is 4.24. The Bertz CT molecular complexity index is 367. The highest BCUT2D eigenvalue weighted by molar-refractivity contribution is 5.88. The van der Waals surface area contributed by atoms with Gasteiger partial charge >= 0.3 is 5.97 Å². The second-order valence-electron chi connectivity index (χ2n) is 3.38. The molecular weight excluding hydrogens is 170 g/mol. The van der Waals surface area contributed by atoms with Crippen LogP contribution in [-0.4, -0.2) is 21.2 Å². The van der Waals surface area contributed by atoms with Gasteiger partial charge in [0.25, 0.3) is 0 Å². The standard InChI is InChI=1S/C9H11NO3/c1-4-7-5(2-3-6(7)11)10-8(4)9(12)13/h6,10-11H,2-3H2,1H3,(H,12,13). The van der Waals surface area contributed by atoms with Gasteiger partial charge in [-0.1, -0.05) is 0 Å². The van der Waals surface area contributed by atoms with Crippen LogP contribution in [0, 0.1) is 6.92 Å². The van der Waals surface area contributed by atoms with Crippen molar-refractivity contribution in [1.29, 1.82) is 0 Å². The summed E-state index contributed by atoms with van der Waals surface area (Å²) in [6.45, 7) is 1.73. The molecule has 0 aromatic carbocycles. The molecule has 0 saturated carbocycles. The van der Waals surface area contributed by atoms with Crippen molar-refractivity contribution in [2.24, 2.45) is 0 Å². The molecule has 1 aliphatic carbocycles. The van der Waals surface area contributed by atoms with Crippen molar-refractivity contribution >= 4 is 5.97 Å². The number of aryl methyl sites for hydroxylation is 1. The van der Waals surface area contributed by atoms with Crippen molar-refractivity contribution in [3.05, 3.63) is 22.5 Å². The Kier molecular flexibility index (Phi) is 1.66. The lowest BCUT2D eigenvalue weighted by atomic mass is 10.1.